The molecule has 3 aromatic rings. The van der Waals surface area contributed by atoms with Gasteiger partial charge in [-0.1, -0.05) is 18.2 Å². The molecule has 30 heavy (non-hydrogen) atoms. The van der Waals surface area contributed by atoms with E-state index in [-0.39, 0.29) is 18.4 Å². The zero-order chi connectivity index (χ0) is 21.3. The number of hydrogen-bond donors (Lipinski definition) is 2. The number of para-hydroxylation sites is 1. The highest BCUT2D eigenvalue weighted by Crippen LogP contribution is 2.26. The van der Waals surface area contributed by atoms with Crippen molar-refractivity contribution in [1.82, 2.24) is 19.8 Å². The standard InChI is InChI=1S/C23H25N5O2/c1-15-19(18-6-4-5-7-20(18)28(15)3)14-27(2)22(30)9-8-16-10-17-12-24-21(29)13-26-23(17)25-11-16/h4-11H,12-14H2,1-3H3,(H,24,29)(H,25,26). The zero-order valence-electron chi connectivity index (χ0n) is 17.4. The molecule has 7 heteroatoms. The van der Waals surface area contributed by atoms with E-state index < -0.39 is 0 Å². The zero-order valence-corrected chi connectivity index (χ0v) is 17.4. The van der Waals surface area contributed by atoms with Crippen LogP contribution in [-0.2, 0) is 29.7 Å². The normalized spacial score (nSPS) is 13.6. The first-order valence-corrected chi connectivity index (χ1v) is 9.89. The van der Waals surface area contributed by atoms with Crippen LogP contribution < -0.4 is 10.6 Å². The Morgan fingerprint density at radius 3 is 2.90 bits per heavy atom. The third-order valence-electron chi connectivity index (χ3n) is 5.60. The minimum Gasteiger partial charge on any atom is -0.361 e. The maximum absolute atomic E-state index is 12.7. The van der Waals surface area contributed by atoms with Crippen molar-refractivity contribution in [3.8, 4) is 0 Å². The second kappa shape index (κ2) is 8.02. The molecular weight excluding hydrogens is 378 g/mol. The largest absolute Gasteiger partial charge is 0.361 e. The van der Waals surface area contributed by atoms with E-state index >= 15 is 0 Å². The van der Waals surface area contributed by atoms with Gasteiger partial charge in [0.05, 0.1) is 6.54 Å². The van der Waals surface area contributed by atoms with Crippen molar-refractivity contribution in [2.24, 2.45) is 7.05 Å². The van der Waals surface area contributed by atoms with Crippen LogP contribution >= 0.6 is 0 Å². The van der Waals surface area contributed by atoms with Gasteiger partial charge in [-0.05, 0) is 36.3 Å². The fourth-order valence-electron chi connectivity index (χ4n) is 3.74. The van der Waals surface area contributed by atoms with E-state index in [9.17, 15) is 9.59 Å². The summed E-state index contributed by atoms with van der Waals surface area (Å²) in [5, 5.41) is 7.00. The highest BCUT2D eigenvalue weighted by molar-refractivity contribution is 5.92. The van der Waals surface area contributed by atoms with Gasteiger partial charge in [0.1, 0.15) is 5.82 Å². The van der Waals surface area contributed by atoms with Gasteiger partial charge in [0.15, 0.2) is 0 Å². The van der Waals surface area contributed by atoms with Gasteiger partial charge in [0.25, 0.3) is 0 Å². The molecule has 0 fully saturated rings. The lowest BCUT2D eigenvalue weighted by molar-refractivity contribution is -0.125. The average Bonchev–Trinajstić information content (AvgIpc) is 2.89. The van der Waals surface area contributed by atoms with Crippen LogP contribution in [-0.4, -0.2) is 39.9 Å². The summed E-state index contributed by atoms with van der Waals surface area (Å²) in [6.45, 7) is 3.25. The van der Waals surface area contributed by atoms with Crippen LogP contribution in [0.1, 0.15) is 22.4 Å². The molecule has 0 bridgehead atoms. The number of nitrogens with one attached hydrogen (secondary N) is 2. The Bertz CT molecular complexity index is 1160. The minimum atomic E-state index is -0.0799. The molecule has 4 rings (SSSR count). The third-order valence-corrected chi connectivity index (χ3v) is 5.60. The fraction of sp³-hybridized carbons (Fsp3) is 0.261. The monoisotopic (exact) mass is 403 g/mol. The van der Waals surface area contributed by atoms with Crippen LogP contribution in [0.15, 0.2) is 42.6 Å². The molecule has 1 aliphatic heterocycles. The topological polar surface area (TPSA) is 79.3 Å². The number of pyridine rings is 1. The van der Waals surface area contributed by atoms with Gasteiger partial charge in [0, 0.05) is 61.6 Å². The highest BCUT2D eigenvalue weighted by Gasteiger charge is 2.16. The number of likely N-dealkylation sites (N-methyl/N-ethyl adjacent to an activating group) is 1. The number of aromatic nitrogens is 2. The van der Waals surface area contributed by atoms with E-state index in [1.165, 1.54) is 5.39 Å². The van der Waals surface area contributed by atoms with Crippen molar-refractivity contribution in [3.05, 3.63) is 65.0 Å². The first-order valence-electron chi connectivity index (χ1n) is 9.89. The molecular formula is C23H25N5O2. The minimum absolute atomic E-state index is 0.0642. The second-order valence-electron chi connectivity index (χ2n) is 7.57. The Morgan fingerprint density at radius 2 is 2.07 bits per heavy atom. The SMILES string of the molecule is Cc1c(CN(C)C(=O)C=Cc2cnc3c(c2)CNC(=O)CN3)c2ccccc2n1C. The van der Waals surface area contributed by atoms with Gasteiger partial charge in [-0.2, -0.15) is 0 Å². The summed E-state index contributed by atoms with van der Waals surface area (Å²) in [6.07, 6.45) is 5.02. The van der Waals surface area contributed by atoms with Gasteiger partial charge in [0.2, 0.25) is 11.8 Å². The van der Waals surface area contributed by atoms with Gasteiger partial charge in [-0.3, -0.25) is 9.59 Å². The number of amides is 2. The van der Waals surface area contributed by atoms with Gasteiger partial charge < -0.3 is 20.1 Å². The fourth-order valence-corrected chi connectivity index (χ4v) is 3.74. The number of nitrogens with zero attached hydrogens (tertiary/aromatic N) is 3. The van der Waals surface area contributed by atoms with Crippen molar-refractivity contribution in [2.45, 2.75) is 20.0 Å². The van der Waals surface area contributed by atoms with Crippen LogP contribution in [0, 0.1) is 6.92 Å². The Balaban J connectivity index is 1.49. The number of carbonyl (C=O) groups excluding carboxylic acids is 2. The van der Waals surface area contributed by atoms with Crippen molar-refractivity contribution in [2.75, 3.05) is 18.9 Å². The van der Waals surface area contributed by atoms with Crippen molar-refractivity contribution < 1.29 is 9.59 Å². The molecule has 1 aliphatic rings. The summed E-state index contributed by atoms with van der Waals surface area (Å²) in [6, 6.07) is 10.2. The summed E-state index contributed by atoms with van der Waals surface area (Å²) < 4.78 is 2.16. The number of anilines is 1. The first-order chi connectivity index (χ1) is 14.4. The average molecular weight is 403 g/mol. The van der Waals surface area contributed by atoms with Gasteiger partial charge in [-0.15, -0.1) is 0 Å². The smallest absolute Gasteiger partial charge is 0.246 e. The summed E-state index contributed by atoms with van der Waals surface area (Å²) in [4.78, 5) is 30.3. The molecule has 0 unspecified atom stereocenters. The predicted molar refractivity (Wildman–Crippen MR) is 118 cm³/mol. The van der Waals surface area contributed by atoms with Crippen LogP contribution in [0.2, 0.25) is 0 Å². The summed E-state index contributed by atoms with van der Waals surface area (Å²) in [5.41, 5.74) is 5.19. The predicted octanol–water partition coefficient (Wildman–Crippen LogP) is 2.60. The van der Waals surface area contributed by atoms with E-state index in [1.807, 2.05) is 32.3 Å². The maximum atomic E-state index is 12.7. The van der Waals surface area contributed by atoms with E-state index in [2.05, 4.69) is 39.2 Å². The lowest BCUT2D eigenvalue weighted by Crippen LogP contribution is -2.25. The first kappa shape index (κ1) is 19.7. The second-order valence-corrected chi connectivity index (χ2v) is 7.57. The number of fused-ring (bicyclic) bond motifs is 2. The Labute approximate surface area is 175 Å². The number of aryl methyl sites for hydroxylation is 1. The van der Waals surface area contributed by atoms with E-state index in [0.29, 0.717) is 18.9 Å². The van der Waals surface area contributed by atoms with E-state index in [4.69, 9.17) is 0 Å². The summed E-state index contributed by atoms with van der Waals surface area (Å²) in [5.74, 6) is 0.551. The molecule has 0 spiro atoms. The number of hydrogen-bond acceptors (Lipinski definition) is 4. The summed E-state index contributed by atoms with van der Waals surface area (Å²) in [7, 11) is 3.86. The van der Waals surface area contributed by atoms with E-state index in [1.54, 1.807) is 23.2 Å². The van der Waals surface area contributed by atoms with Crippen LogP contribution in [0.5, 0.6) is 0 Å². The van der Waals surface area contributed by atoms with Crippen LogP contribution in [0.25, 0.3) is 17.0 Å². The van der Waals surface area contributed by atoms with Crippen molar-refractivity contribution in [1.29, 1.82) is 0 Å². The molecule has 7 nitrogen and oxygen atoms in total. The Hall–Kier alpha value is -3.61. The lowest BCUT2D eigenvalue weighted by atomic mass is 10.1. The molecule has 2 amide bonds. The molecule has 1 aromatic carbocycles. The van der Waals surface area contributed by atoms with Crippen LogP contribution in [0.4, 0.5) is 5.82 Å². The maximum Gasteiger partial charge on any atom is 0.246 e. The number of benzene rings is 1. The van der Waals surface area contributed by atoms with Gasteiger partial charge >= 0.3 is 0 Å². The molecule has 0 aliphatic carbocycles. The summed E-state index contributed by atoms with van der Waals surface area (Å²) >= 11 is 0. The van der Waals surface area contributed by atoms with Crippen LogP contribution in [0.3, 0.4) is 0 Å². The molecule has 3 heterocycles. The molecule has 2 aromatic heterocycles. The van der Waals surface area contributed by atoms with Crippen molar-refractivity contribution in [3.63, 3.8) is 0 Å². The number of carbonyl (C=O) groups is 2. The Kier molecular flexibility index (Phi) is 5.27. The van der Waals surface area contributed by atoms with E-state index in [0.717, 1.165) is 27.9 Å². The molecule has 154 valence electrons. The quantitative estimate of drug-likeness (QED) is 0.657. The van der Waals surface area contributed by atoms with Gasteiger partial charge in [-0.25, -0.2) is 4.98 Å². The Morgan fingerprint density at radius 1 is 1.27 bits per heavy atom. The highest BCUT2D eigenvalue weighted by atomic mass is 16.2. The molecule has 0 saturated carbocycles. The molecule has 2 N–H and O–H groups in total. The molecule has 0 saturated heterocycles. The lowest BCUT2D eigenvalue weighted by Gasteiger charge is -2.16. The van der Waals surface area contributed by atoms with Crippen molar-refractivity contribution >= 4 is 34.6 Å². The number of rotatable bonds is 4. The molecule has 0 atom stereocenters. The third kappa shape index (κ3) is 3.78. The molecule has 0 radical (unpaired) electrons.